The van der Waals surface area contributed by atoms with Crippen molar-refractivity contribution in [1.29, 1.82) is 0 Å². The van der Waals surface area contributed by atoms with Gasteiger partial charge in [-0.2, -0.15) is 0 Å². The first-order valence-electron chi connectivity index (χ1n) is 6.77. The fraction of sp³-hybridized carbons (Fsp3) is 0.615. The highest BCUT2D eigenvalue weighted by Crippen LogP contribution is 2.27. The largest absolute Gasteiger partial charge is 0.477 e. The zero-order chi connectivity index (χ0) is 15.8. The minimum absolute atomic E-state index is 0.0731. The molecule has 2 N–H and O–H groups in total. The van der Waals surface area contributed by atoms with Crippen LogP contribution in [-0.4, -0.2) is 50.1 Å². The third-order valence-electron chi connectivity index (χ3n) is 3.88. The molecule has 1 aliphatic heterocycles. The number of aryl methyl sites for hydroxylation is 1. The topological polar surface area (TPSA) is 86.7 Å². The molecule has 0 aliphatic carbocycles. The first-order chi connectivity index (χ1) is 9.70. The smallest absolute Gasteiger partial charge is 0.346 e. The molecule has 1 fully saturated rings. The Labute approximate surface area is 128 Å². The summed E-state index contributed by atoms with van der Waals surface area (Å²) < 4.78 is 27.5. The molecule has 1 aromatic heterocycles. The standard InChI is InChI=1S/C13H20N2O4S2/c1-8-6-11(20-12(8)13(16)17)21(18,19)14-10-4-5-15(3)9(2)7-10/h6,9-10,14H,4-5,7H2,1-3H3,(H,16,17). The van der Waals surface area contributed by atoms with Crippen LogP contribution >= 0.6 is 11.3 Å². The second-order valence-corrected chi connectivity index (χ2v) is 8.55. The second kappa shape index (κ2) is 6.04. The van der Waals surface area contributed by atoms with Gasteiger partial charge in [-0.25, -0.2) is 17.9 Å². The lowest BCUT2D eigenvalue weighted by molar-refractivity contribution is 0.0701. The molecule has 2 atom stereocenters. The molecule has 118 valence electrons. The Morgan fingerprint density at radius 1 is 1.52 bits per heavy atom. The van der Waals surface area contributed by atoms with Crippen LogP contribution in [0.5, 0.6) is 0 Å². The maximum absolute atomic E-state index is 12.4. The number of carbonyl (C=O) groups is 1. The monoisotopic (exact) mass is 332 g/mol. The molecule has 0 aromatic carbocycles. The van der Waals surface area contributed by atoms with Gasteiger partial charge in [0.15, 0.2) is 0 Å². The molecular weight excluding hydrogens is 312 g/mol. The summed E-state index contributed by atoms with van der Waals surface area (Å²) in [4.78, 5) is 13.3. The van der Waals surface area contributed by atoms with E-state index in [2.05, 4.69) is 16.5 Å². The molecule has 2 unspecified atom stereocenters. The van der Waals surface area contributed by atoms with Crippen LogP contribution in [-0.2, 0) is 10.0 Å². The van der Waals surface area contributed by atoms with Crippen LogP contribution in [0.15, 0.2) is 10.3 Å². The van der Waals surface area contributed by atoms with Crippen LogP contribution in [0.4, 0.5) is 0 Å². The number of sulfonamides is 1. The number of hydrogen-bond acceptors (Lipinski definition) is 5. The third-order valence-corrected chi connectivity index (χ3v) is 7.10. The van der Waals surface area contributed by atoms with E-state index in [0.29, 0.717) is 11.6 Å². The van der Waals surface area contributed by atoms with E-state index in [4.69, 9.17) is 5.11 Å². The summed E-state index contributed by atoms with van der Waals surface area (Å²) in [6, 6.07) is 1.65. The molecule has 6 nitrogen and oxygen atoms in total. The highest BCUT2D eigenvalue weighted by Gasteiger charge is 2.28. The predicted octanol–water partition coefficient (Wildman–Crippen LogP) is 1.52. The summed E-state index contributed by atoms with van der Waals surface area (Å²) in [5.74, 6) is -1.09. The average molecular weight is 332 g/mol. The maximum atomic E-state index is 12.4. The molecule has 0 saturated carbocycles. The average Bonchev–Trinajstić information content (AvgIpc) is 2.77. The zero-order valence-corrected chi connectivity index (χ0v) is 13.9. The van der Waals surface area contributed by atoms with Crippen LogP contribution in [0.1, 0.15) is 35.0 Å². The molecule has 8 heteroatoms. The zero-order valence-electron chi connectivity index (χ0n) is 12.3. The molecule has 0 spiro atoms. The van der Waals surface area contributed by atoms with Gasteiger partial charge in [0.2, 0.25) is 10.0 Å². The number of aromatic carboxylic acids is 1. The number of nitrogens with zero attached hydrogens (tertiary/aromatic N) is 1. The Kier molecular flexibility index (Phi) is 4.72. The molecule has 21 heavy (non-hydrogen) atoms. The predicted molar refractivity (Wildman–Crippen MR) is 81.5 cm³/mol. The van der Waals surface area contributed by atoms with Gasteiger partial charge in [-0.3, -0.25) is 0 Å². The van der Waals surface area contributed by atoms with E-state index in [1.807, 2.05) is 7.05 Å². The molecule has 1 aromatic rings. The number of carboxylic acid groups (broad SMARTS) is 1. The van der Waals surface area contributed by atoms with Crippen LogP contribution in [0.25, 0.3) is 0 Å². The van der Waals surface area contributed by atoms with Gasteiger partial charge in [-0.15, -0.1) is 11.3 Å². The van der Waals surface area contributed by atoms with Crippen molar-refractivity contribution in [2.75, 3.05) is 13.6 Å². The Bertz CT molecular complexity index is 639. The first kappa shape index (κ1) is 16.4. The van der Waals surface area contributed by atoms with E-state index >= 15 is 0 Å². The number of rotatable bonds is 4. The molecule has 0 amide bonds. The maximum Gasteiger partial charge on any atom is 0.346 e. The molecule has 2 heterocycles. The molecule has 1 aliphatic rings. The Balaban J connectivity index is 2.15. The summed E-state index contributed by atoms with van der Waals surface area (Å²) in [6.45, 7) is 4.52. The van der Waals surface area contributed by atoms with Crippen molar-refractivity contribution < 1.29 is 18.3 Å². The number of nitrogens with one attached hydrogen (secondary N) is 1. The summed E-state index contributed by atoms with van der Waals surface area (Å²) in [5, 5.41) is 9.02. The molecule has 2 rings (SSSR count). The number of thiophene rings is 1. The minimum Gasteiger partial charge on any atom is -0.477 e. The number of piperidine rings is 1. The summed E-state index contributed by atoms with van der Waals surface area (Å²) >= 11 is 0.804. The van der Waals surface area contributed by atoms with Crippen molar-refractivity contribution in [2.24, 2.45) is 0 Å². The van der Waals surface area contributed by atoms with E-state index < -0.39 is 16.0 Å². The van der Waals surface area contributed by atoms with Gasteiger partial charge in [0.1, 0.15) is 9.09 Å². The summed E-state index contributed by atoms with van der Waals surface area (Å²) in [5.41, 5.74) is 0.477. The lowest BCUT2D eigenvalue weighted by Crippen LogP contribution is -2.47. The molecular formula is C13H20N2O4S2. The van der Waals surface area contributed by atoms with Gasteiger partial charge in [0.25, 0.3) is 0 Å². The van der Waals surface area contributed by atoms with Gasteiger partial charge in [0.05, 0.1) is 0 Å². The van der Waals surface area contributed by atoms with Gasteiger partial charge in [-0.1, -0.05) is 0 Å². The van der Waals surface area contributed by atoms with Crippen LogP contribution in [0.2, 0.25) is 0 Å². The SMILES string of the molecule is Cc1cc(S(=O)(=O)NC2CCN(C)C(C)C2)sc1C(=O)O. The second-order valence-electron chi connectivity index (χ2n) is 5.55. The third kappa shape index (κ3) is 3.63. The Morgan fingerprint density at radius 2 is 2.19 bits per heavy atom. The van der Waals surface area contributed by atoms with Crippen molar-refractivity contribution >= 4 is 27.3 Å². The molecule has 1 saturated heterocycles. The lowest BCUT2D eigenvalue weighted by atomic mass is 10.0. The summed E-state index contributed by atoms with van der Waals surface area (Å²) in [6.07, 6.45) is 1.52. The van der Waals surface area contributed by atoms with E-state index in [1.165, 1.54) is 6.07 Å². The van der Waals surface area contributed by atoms with Gasteiger partial charge in [0, 0.05) is 12.1 Å². The molecule has 0 radical (unpaired) electrons. The van der Waals surface area contributed by atoms with E-state index in [-0.39, 0.29) is 15.1 Å². The minimum atomic E-state index is -3.65. The van der Waals surface area contributed by atoms with Crippen molar-refractivity contribution in [3.05, 3.63) is 16.5 Å². The van der Waals surface area contributed by atoms with E-state index in [0.717, 1.165) is 30.7 Å². The van der Waals surface area contributed by atoms with Crippen molar-refractivity contribution in [1.82, 2.24) is 9.62 Å². The normalized spacial score (nSPS) is 24.1. The quantitative estimate of drug-likeness (QED) is 0.873. The highest BCUT2D eigenvalue weighted by molar-refractivity contribution is 7.91. The van der Waals surface area contributed by atoms with Crippen LogP contribution in [0, 0.1) is 6.92 Å². The van der Waals surface area contributed by atoms with Crippen LogP contribution < -0.4 is 4.72 Å². The van der Waals surface area contributed by atoms with Crippen molar-refractivity contribution in [3.8, 4) is 0 Å². The van der Waals surface area contributed by atoms with Gasteiger partial charge < -0.3 is 10.0 Å². The fourth-order valence-corrected chi connectivity index (χ4v) is 5.15. The molecule has 0 bridgehead atoms. The van der Waals surface area contributed by atoms with E-state index in [1.54, 1.807) is 6.92 Å². The van der Waals surface area contributed by atoms with Crippen molar-refractivity contribution in [3.63, 3.8) is 0 Å². The number of carboxylic acids is 1. The summed E-state index contributed by atoms with van der Waals surface area (Å²) in [7, 11) is -1.62. The van der Waals surface area contributed by atoms with Gasteiger partial charge in [-0.05, 0) is 51.9 Å². The highest BCUT2D eigenvalue weighted by atomic mass is 32.2. The van der Waals surface area contributed by atoms with E-state index in [9.17, 15) is 13.2 Å². The lowest BCUT2D eigenvalue weighted by Gasteiger charge is -2.35. The number of likely N-dealkylation sites (tertiary alicyclic amines) is 1. The van der Waals surface area contributed by atoms with Gasteiger partial charge >= 0.3 is 5.97 Å². The Morgan fingerprint density at radius 3 is 2.71 bits per heavy atom. The Hall–Kier alpha value is -0.960. The van der Waals surface area contributed by atoms with Crippen molar-refractivity contribution in [2.45, 2.75) is 43.0 Å². The van der Waals surface area contributed by atoms with Crippen LogP contribution in [0.3, 0.4) is 0 Å². The number of hydrogen-bond donors (Lipinski definition) is 2. The fourth-order valence-electron chi connectivity index (χ4n) is 2.47. The first-order valence-corrected chi connectivity index (χ1v) is 9.07.